The molecule has 2 rings (SSSR count). The number of benzene rings is 1. The monoisotopic (exact) mass is 261 g/mol. The Balaban J connectivity index is 1.85. The second kappa shape index (κ2) is 7.66. The second-order valence-corrected chi connectivity index (χ2v) is 6.05. The fourth-order valence-electron chi connectivity index (χ4n) is 2.77. The van der Waals surface area contributed by atoms with E-state index in [1.165, 1.54) is 18.4 Å². The van der Waals surface area contributed by atoms with Crippen molar-refractivity contribution in [3.05, 3.63) is 35.9 Å². The lowest BCUT2D eigenvalue weighted by Crippen LogP contribution is -2.39. The molecule has 2 unspecified atom stereocenters. The second-order valence-electron chi connectivity index (χ2n) is 6.05. The molecule has 1 heterocycles. The smallest absolute Gasteiger partial charge is 0.0655 e. The minimum Gasteiger partial charge on any atom is -0.378 e. The molecule has 106 valence electrons. The van der Waals surface area contributed by atoms with Gasteiger partial charge in [-0.15, -0.1) is 0 Å². The van der Waals surface area contributed by atoms with Crippen LogP contribution >= 0.6 is 0 Å². The molecule has 1 aromatic carbocycles. The molecule has 1 aliphatic heterocycles. The van der Waals surface area contributed by atoms with Crippen molar-refractivity contribution in [2.75, 3.05) is 19.7 Å². The van der Waals surface area contributed by atoms with E-state index in [2.05, 4.69) is 49.5 Å². The summed E-state index contributed by atoms with van der Waals surface area (Å²) in [5.74, 6) is 1.38. The summed E-state index contributed by atoms with van der Waals surface area (Å²) >= 11 is 0. The average Bonchev–Trinajstić information content (AvgIpc) is 2.41. The van der Waals surface area contributed by atoms with E-state index in [-0.39, 0.29) is 0 Å². The maximum Gasteiger partial charge on any atom is 0.0655 e. The van der Waals surface area contributed by atoms with Crippen LogP contribution in [0.4, 0.5) is 0 Å². The van der Waals surface area contributed by atoms with Crippen molar-refractivity contribution in [2.24, 2.45) is 11.8 Å². The Hall–Kier alpha value is -0.860. The molecule has 0 amide bonds. The van der Waals surface area contributed by atoms with Crippen LogP contribution in [0.3, 0.4) is 0 Å². The summed E-state index contributed by atoms with van der Waals surface area (Å²) in [6.07, 6.45) is 3.94. The number of rotatable bonds is 6. The van der Waals surface area contributed by atoms with Gasteiger partial charge in [0.1, 0.15) is 0 Å². The molecule has 1 aromatic rings. The minimum absolute atomic E-state index is 0.385. The van der Waals surface area contributed by atoms with E-state index in [0.717, 1.165) is 32.0 Å². The lowest BCUT2D eigenvalue weighted by atomic mass is 9.90. The SMILES string of the molecule is CC(C)CNCC1CCCOC1Cc1ccccc1. The Morgan fingerprint density at radius 3 is 2.79 bits per heavy atom. The van der Waals surface area contributed by atoms with Crippen molar-refractivity contribution in [2.45, 2.75) is 39.2 Å². The molecule has 0 aromatic heterocycles. The van der Waals surface area contributed by atoms with Gasteiger partial charge in [0.15, 0.2) is 0 Å². The van der Waals surface area contributed by atoms with Gasteiger partial charge in [0.05, 0.1) is 6.10 Å². The highest BCUT2D eigenvalue weighted by atomic mass is 16.5. The lowest BCUT2D eigenvalue weighted by Gasteiger charge is -2.32. The van der Waals surface area contributed by atoms with Crippen molar-refractivity contribution < 1.29 is 4.74 Å². The Bertz CT molecular complexity index is 350. The van der Waals surface area contributed by atoms with Crippen molar-refractivity contribution in [3.63, 3.8) is 0 Å². The van der Waals surface area contributed by atoms with Gasteiger partial charge >= 0.3 is 0 Å². The minimum atomic E-state index is 0.385. The fourth-order valence-corrected chi connectivity index (χ4v) is 2.77. The molecule has 2 nitrogen and oxygen atoms in total. The topological polar surface area (TPSA) is 21.3 Å². The summed E-state index contributed by atoms with van der Waals surface area (Å²) < 4.78 is 6.01. The first kappa shape index (κ1) is 14.5. The zero-order chi connectivity index (χ0) is 13.5. The van der Waals surface area contributed by atoms with E-state index in [4.69, 9.17) is 4.74 Å². The largest absolute Gasteiger partial charge is 0.378 e. The van der Waals surface area contributed by atoms with Crippen LogP contribution in [0.2, 0.25) is 0 Å². The highest BCUT2D eigenvalue weighted by Crippen LogP contribution is 2.23. The molecule has 2 heteroatoms. The Kier molecular flexibility index (Phi) is 5.87. The summed E-state index contributed by atoms with van der Waals surface area (Å²) in [7, 11) is 0. The first-order valence-corrected chi connectivity index (χ1v) is 7.62. The van der Waals surface area contributed by atoms with Gasteiger partial charge in [-0.25, -0.2) is 0 Å². The van der Waals surface area contributed by atoms with E-state index in [1.807, 2.05) is 0 Å². The Labute approximate surface area is 117 Å². The third-order valence-electron chi connectivity index (χ3n) is 3.82. The van der Waals surface area contributed by atoms with Crippen LogP contribution < -0.4 is 5.32 Å². The third kappa shape index (κ3) is 4.96. The maximum atomic E-state index is 6.01. The van der Waals surface area contributed by atoms with Crippen LogP contribution in [0.1, 0.15) is 32.3 Å². The molecule has 1 fully saturated rings. The summed E-state index contributed by atoms with van der Waals surface area (Å²) in [6, 6.07) is 10.7. The van der Waals surface area contributed by atoms with E-state index < -0.39 is 0 Å². The number of ether oxygens (including phenoxy) is 1. The van der Waals surface area contributed by atoms with E-state index in [0.29, 0.717) is 12.0 Å². The molecule has 1 saturated heterocycles. The standard InChI is InChI=1S/C17H27NO/c1-14(2)12-18-13-16-9-6-10-19-17(16)11-15-7-4-3-5-8-15/h3-5,7-8,14,16-18H,6,9-13H2,1-2H3. The Morgan fingerprint density at radius 2 is 2.05 bits per heavy atom. The highest BCUT2D eigenvalue weighted by molar-refractivity contribution is 5.15. The Morgan fingerprint density at radius 1 is 1.26 bits per heavy atom. The van der Waals surface area contributed by atoms with E-state index in [9.17, 15) is 0 Å². The summed E-state index contributed by atoms with van der Waals surface area (Å²) in [6.45, 7) is 7.64. The van der Waals surface area contributed by atoms with Gasteiger partial charge in [-0.2, -0.15) is 0 Å². The van der Waals surface area contributed by atoms with Crippen molar-refractivity contribution in [1.29, 1.82) is 0 Å². The molecule has 1 N–H and O–H groups in total. The van der Waals surface area contributed by atoms with Crippen LogP contribution in [0, 0.1) is 11.8 Å². The molecule has 19 heavy (non-hydrogen) atoms. The van der Waals surface area contributed by atoms with Gasteiger partial charge in [-0.1, -0.05) is 44.2 Å². The predicted molar refractivity (Wildman–Crippen MR) is 80.3 cm³/mol. The first-order chi connectivity index (χ1) is 9.25. The maximum absolute atomic E-state index is 6.01. The van der Waals surface area contributed by atoms with Crippen LogP contribution in [-0.2, 0) is 11.2 Å². The molecule has 0 bridgehead atoms. The summed E-state index contributed by atoms with van der Waals surface area (Å²) in [5, 5.41) is 3.59. The first-order valence-electron chi connectivity index (χ1n) is 7.62. The number of hydrogen-bond donors (Lipinski definition) is 1. The van der Waals surface area contributed by atoms with Crippen molar-refractivity contribution in [3.8, 4) is 0 Å². The molecule has 0 spiro atoms. The average molecular weight is 261 g/mol. The van der Waals surface area contributed by atoms with Crippen LogP contribution in [0.5, 0.6) is 0 Å². The zero-order valence-corrected chi connectivity index (χ0v) is 12.3. The van der Waals surface area contributed by atoms with Crippen LogP contribution in [-0.4, -0.2) is 25.8 Å². The molecule has 2 atom stereocenters. The van der Waals surface area contributed by atoms with Gasteiger partial charge < -0.3 is 10.1 Å². The van der Waals surface area contributed by atoms with Crippen LogP contribution in [0.25, 0.3) is 0 Å². The summed E-state index contributed by atoms with van der Waals surface area (Å²) in [5.41, 5.74) is 1.39. The predicted octanol–water partition coefficient (Wildman–Crippen LogP) is 3.27. The molecular weight excluding hydrogens is 234 g/mol. The van der Waals surface area contributed by atoms with E-state index >= 15 is 0 Å². The normalized spacial score (nSPS) is 23.7. The summed E-state index contributed by atoms with van der Waals surface area (Å²) in [4.78, 5) is 0. The van der Waals surface area contributed by atoms with Gasteiger partial charge in [0.2, 0.25) is 0 Å². The zero-order valence-electron chi connectivity index (χ0n) is 12.3. The van der Waals surface area contributed by atoms with Crippen molar-refractivity contribution >= 4 is 0 Å². The highest BCUT2D eigenvalue weighted by Gasteiger charge is 2.25. The van der Waals surface area contributed by atoms with Gasteiger partial charge in [-0.3, -0.25) is 0 Å². The van der Waals surface area contributed by atoms with Gasteiger partial charge in [0.25, 0.3) is 0 Å². The molecule has 0 aliphatic carbocycles. The lowest BCUT2D eigenvalue weighted by molar-refractivity contribution is -0.0251. The van der Waals surface area contributed by atoms with Crippen molar-refractivity contribution in [1.82, 2.24) is 5.32 Å². The van der Waals surface area contributed by atoms with Gasteiger partial charge in [0, 0.05) is 13.2 Å². The molecule has 1 aliphatic rings. The number of hydrogen-bond acceptors (Lipinski definition) is 2. The molecule has 0 saturated carbocycles. The van der Waals surface area contributed by atoms with Gasteiger partial charge in [-0.05, 0) is 43.2 Å². The molecular formula is C17H27NO. The third-order valence-corrected chi connectivity index (χ3v) is 3.82. The quantitative estimate of drug-likeness (QED) is 0.848. The van der Waals surface area contributed by atoms with Crippen LogP contribution in [0.15, 0.2) is 30.3 Å². The molecule has 0 radical (unpaired) electrons. The fraction of sp³-hybridized carbons (Fsp3) is 0.647. The number of nitrogens with one attached hydrogen (secondary N) is 1. The van der Waals surface area contributed by atoms with E-state index in [1.54, 1.807) is 0 Å².